The minimum Gasteiger partial charge on any atom is -0.393 e. The lowest BCUT2D eigenvalue weighted by Gasteiger charge is -2.45. The number of nitrogens with one attached hydrogen (secondary N) is 8. The quantitative estimate of drug-likeness (QED) is 0.0159. The topological polar surface area (TPSA) is 449 Å². The van der Waals surface area contributed by atoms with E-state index in [-0.39, 0.29) is 286 Å². The number of carbonyl (C=O) groups excluding carboxylic acids is 8. The molecular weight excluding hydrogens is 1830 g/mol. The van der Waals surface area contributed by atoms with Gasteiger partial charge in [0.1, 0.15) is 39.6 Å². The van der Waals surface area contributed by atoms with Gasteiger partial charge in [-0.1, -0.05) is 35.5 Å². The zero-order valence-corrected chi connectivity index (χ0v) is 87.2. The lowest BCUT2D eigenvalue weighted by Crippen LogP contribution is -2.52. The van der Waals surface area contributed by atoms with Crippen LogP contribution in [0, 0.1) is 109 Å². The Morgan fingerprint density at radius 1 is 0.324 bits per heavy atom. The highest BCUT2D eigenvalue weighted by molar-refractivity contribution is 7.47. The first-order valence-electron chi connectivity index (χ1n) is 49.0. The molecule has 37 nitrogen and oxygen atoms in total. The maximum absolute atomic E-state index is 14.3. The average Bonchev–Trinajstić information content (AvgIpc) is 0.849. The van der Waals surface area contributed by atoms with Crippen molar-refractivity contribution in [3.05, 3.63) is 0 Å². The predicted molar refractivity (Wildman–Crippen MR) is 535 cm³/mol. The molecule has 0 aromatic heterocycles. The van der Waals surface area contributed by atoms with Crippen molar-refractivity contribution in [2.45, 2.75) is 284 Å². The Balaban J connectivity index is 0.00000232. The van der Waals surface area contributed by atoms with E-state index >= 15 is 0 Å². The Hall–Kier alpha value is -7.80. The molecule has 8 amide bonds. The summed E-state index contributed by atoms with van der Waals surface area (Å²) < 4.78 is 89.9. The molecular formula is C100H169N13O24P2. The Morgan fingerprint density at radius 2 is 0.547 bits per heavy atom. The fourth-order valence-electron chi connectivity index (χ4n) is 14.8. The van der Waals surface area contributed by atoms with Gasteiger partial charge in [-0.3, -0.25) is 38.4 Å². The summed E-state index contributed by atoms with van der Waals surface area (Å²) in [4.78, 5) is 107. The van der Waals surface area contributed by atoms with Crippen molar-refractivity contribution in [3.63, 3.8) is 0 Å². The van der Waals surface area contributed by atoms with Crippen LogP contribution >= 0.6 is 17.0 Å². The molecule has 0 aliphatic heterocycles. The van der Waals surface area contributed by atoms with Gasteiger partial charge in [0.05, 0.1) is 169 Å². The molecule has 2 saturated carbocycles. The third-order valence-corrected chi connectivity index (χ3v) is 26.7. The lowest BCUT2D eigenvalue weighted by atomic mass is 9.81. The zero-order chi connectivity index (χ0) is 103. The maximum atomic E-state index is 14.3. The van der Waals surface area contributed by atoms with Gasteiger partial charge in [0.2, 0.25) is 47.3 Å². The smallest absolute Gasteiger partial charge is 0.259 e. The number of aliphatic hydroxyl groups is 1. The number of hydrogen-bond donors (Lipinski definition) is 9. The summed E-state index contributed by atoms with van der Waals surface area (Å²) in [6.45, 7) is 35.0. The van der Waals surface area contributed by atoms with Crippen molar-refractivity contribution >= 4 is 64.2 Å². The van der Waals surface area contributed by atoms with E-state index < -0.39 is 34.2 Å². The molecule has 139 heavy (non-hydrogen) atoms. The van der Waals surface area contributed by atoms with Crippen molar-refractivity contribution in [1.29, 1.82) is 10.5 Å². The van der Waals surface area contributed by atoms with Gasteiger partial charge in [0.15, 0.2) is 8.45 Å². The predicted octanol–water partition coefficient (Wildman–Crippen LogP) is 7.84. The van der Waals surface area contributed by atoms with Crippen LogP contribution in [0.15, 0.2) is 0 Å². The highest BCUT2D eigenvalue weighted by Gasteiger charge is 2.41. The number of terminal acetylenes is 6. The van der Waals surface area contributed by atoms with Crippen LogP contribution < -0.4 is 42.5 Å². The fraction of sp³-hybridized carbons (Fsp3) is 0.780. The van der Waals surface area contributed by atoms with Gasteiger partial charge >= 0.3 is 0 Å². The first-order valence-corrected chi connectivity index (χ1v) is 51.3. The molecule has 0 saturated heterocycles. The molecule has 2 fully saturated rings. The van der Waals surface area contributed by atoms with E-state index in [1.54, 1.807) is 0 Å². The molecule has 0 radical (unpaired) electrons. The molecule has 1 atom stereocenters. The Morgan fingerprint density at radius 3 is 0.770 bits per heavy atom. The molecule has 39 heteroatoms. The monoisotopic (exact) mass is 2000 g/mol. The highest BCUT2D eigenvalue weighted by atomic mass is 31.2. The third-order valence-electron chi connectivity index (χ3n) is 21.5. The number of nitrogens with zero attached hydrogens (tertiary/aromatic N) is 5. The minimum absolute atomic E-state index is 0.0120. The van der Waals surface area contributed by atoms with Crippen LogP contribution in [-0.2, 0) is 109 Å². The highest BCUT2D eigenvalue weighted by Crippen LogP contribution is 2.51. The van der Waals surface area contributed by atoms with Crippen LogP contribution in [0.2, 0.25) is 0 Å². The minimum atomic E-state index is -1.45. The van der Waals surface area contributed by atoms with E-state index in [2.05, 4.69) is 187 Å². The second kappa shape index (κ2) is 86.8. The molecule has 1 unspecified atom stereocenters. The summed E-state index contributed by atoms with van der Waals surface area (Å²) >= 11 is 0. The van der Waals surface area contributed by atoms with E-state index in [0.717, 1.165) is 0 Å². The van der Waals surface area contributed by atoms with E-state index in [1.165, 1.54) is 0 Å². The molecule has 0 bridgehead atoms. The Kier molecular flexibility index (Phi) is 82.0. The summed E-state index contributed by atoms with van der Waals surface area (Å²) in [7, 11) is -2.29. The van der Waals surface area contributed by atoms with Crippen LogP contribution in [0.1, 0.15) is 224 Å². The van der Waals surface area contributed by atoms with Crippen LogP contribution in [0.3, 0.4) is 0 Å². The third kappa shape index (κ3) is 68.9. The van der Waals surface area contributed by atoms with E-state index in [0.29, 0.717) is 168 Å². The normalized spacial score (nSPS) is 15.0. The first-order chi connectivity index (χ1) is 66.9. The SMILES string of the molecule is C#CCOCCOCCNC(=O)CCC(CCC(=O)NCCOCCOCC#C)(CCC(=O)NCCOCCOCC#C)NC(=O)C1CCC(O)CC1.C#CCOCCOCCNC(=O)CCC(CCC(=O)NCCOCCOCC#C)(CCC(=O)NCCOCCOCC#C)NC(=O)C1CCC(OP(OCCC#N)N(C(C)C)C(C)C)CC1.CC(C)N(C(C)C)P(OCCC#N)N(C(C)C)C(C)C. The van der Waals surface area contributed by atoms with E-state index in [4.69, 9.17) is 119 Å². The van der Waals surface area contributed by atoms with Gasteiger partial charge in [0.25, 0.3) is 8.53 Å². The molecule has 0 spiro atoms. The van der Waals surface area contributed by atoms with Crippen LogP contribution in [0.25, 0.3) is 0 Å². The standard InChI is InChI=1S/C47H77N6O12P.C38H60N4O11.C15H32N3OP/c1-8-26-58-33-36-61-30-23-49-43(54)16-19-47(20-17-44(55)50-24-31-62-37-34-59-27-9-2,21-18-45(56)51-25-32-63-38-35-60-28-10-3)52-46(57)41-12-14-42(15-13-41)65-66(64-29-11-22-48)53(39(4)5)40(6)7;1-4-20-48-26-29-51-23-17-39-34(44)11-14-38(42-37(47)32-7-9-33(43)10-8-32,15-12-35(45)40-18-24-52-30-27-49-21-5-2)16-13-36(46)41-19-25-53-31-28-50-22-6-3;1-12(2)17(13(3)4)20(19-11-9-10-16)18(14(5)6)15(7)8/h1-3,39-42H,11-21,23-38H2,4-7H3,(H,49,54)(H,50,55)(H,51,56)(H,52,57);1-3,32-33,43H,7-31H2,(H,39,44)(H,40,45)(H,41,46)(H,42,47);12-15H,9,11H2,1-8H3. The number of aliphatic hydroxyl groups excluding tert-OH is 1. The number of ether oxygens (including phenoxy) is 12. The van der Waals surface area contributed by atoms with Crippen LogP contribution in [0.5, 0.6) is 0 Å². The zero-order valence-electron chi connectivity index (χ0n) is 85.4. The molecule has 788 valence electrons. The number of nitriles is 2. The van der Waals surface area contributed by atoms with Crippen molar-refractivity contribution < 1.29 is 114 Å². The number of amides is 8. The Bertz CT molecular complexity index is 3370. The van der Waals surface area contributed by atoms with Crippen LogP contribution in [0.4, 0.5) is 0 Å². The fourth-order valence-corrected chi connectivity index (χ4v) is 18.9. The van der Waals surface area contributed by atoms with Crippen LogP contribution in [-0.4, -0.2) is 337 Å². The van der Waals surface area contributed by atoms with E-state index in [9.17, 15) is 43.5 Å². The summed E-state index contributed by atoms with van der Waals surface area (Å²) in [5, 5.41) is 51.3. The molecule has 0 aromatic rings. The van der Waals surface area contributed by atoms with Gasteiger partial charge in [-0.15, -0.1) is 38.5 Å². The number of rotatable bonds is 81. The van der Waals surface area contributed by atoms with Gasteiger partial charge in [0, 0.05) is 137 Å². The molecule has 2 aliphatic rings. The molecule has 0 aromatic carbocycles. The number of carbonyl (C=O) groups is 8. The van der Waals surface area contributed by atoms with Crippen molar-refractivity contribution in [2.75, 3.05) is 211 Å². The van der Waals surface area contributed by atoms with Gasteiger partial charge < -0.3 is 118 Å². The molecule has 9 N–H and O–H groups in total. The molecule has 2 aliphatic carbocycles. The van der Waals surface area contributed by atoms with E-state index in [1.807, 2.05) is 0 Å². The first kappa shape index (κ1) is 131. The summed E-state index contributed by atoms with van der Waals surface area (Å²) in [5.74, 6) is 11.5. The second-order valence-electron chi connectivity index (χ2n) is 34.6. The van der Waals surface area contributed by atoms with Crippen molar-refractivity contribution in [3.8, 4) is 86.2 Å². The van der Waals surface area contributed by atoms with Gasteiger partial charge in [-0.2, -0.15) is 10.5 Å². The van der Waals surface area contributed by atoms with Crippen molar-refractivity contribution in [1.82, 2.24) is 56.5 Å². The summed E-state index contributed by atoms with van der Waals surface area (Å²) in [6, 6.07) is 6.27. The Labute approximate surface area is 834 Å². The average molecular weight is 2000 g/mol. The summed E-state index contributed by atoms with van der Waals surface area (Å²) in [5.41, 5.74) is -2.16. The molecule has 2 rings (SSSR count). The lowest BCUT2D eigenvalue weighted by molar-refractivity contribution is -0.131. The number of hydrogen-bond acceptors (Lipinski definition) is 29. The van der Waals surface area contributed by atoms with Gasteiger partial charge in [-0.25, -0.2) is 14.0 Å². The van der Waals surface area contributed by atoms with Crippen molar-refractivity contribution in [2.24, 2.45) is 11.8 Å². The molecule has 0 heterocycles. The maximum Gasteiger partial charge on any atom is 0.259 e. The van der Waals surface area contributed by atoms with Gasteiger partial charge in [-0.05, 0) is 173 Å². The largest absolute Gasteiger partial charge is 0.393 e. The second-order valence-corrected chi connectivity index (χ2v) is 37.7. The summed E-state index contributed by atoms with van der Waals surface area (Å²) in [6.07, 6.45) is 36.6.